The van der Waals surface area contributed by atoms with E-state index in [4.69, 9.17) is 11.6 Å². The van der Waals surface area contributed by atoms with Crippen LogP contribution in [0.1, 0.15) is 43.7 Å². The third-order valence-electron chi connectivity index (χ3n) is 5.60. The molecule has 2 aromatic rings. The predicted molar refractivity (Wildman–Crippen MR) is 102 cm³/mol. The molecule has 4 rings (SSSR count). The zero-order chi connectivity index (χ0) is 18.6. The van der Waals surface area contributed by atoms with Gasteiger partial charge in [-0.25, -0.2) is 4.68 Å². The molecule has 8 heteroatoms. The first-order chi connectivity index (χ1) is 13.2. The molecule has 0 N–H and O–H groups in total. The van der Waals surface area contributed by atoms with E-state index in [1.165, 1.54) is 12.8 Å². The highest BCUT2D eigenvalue weighted by atomic mass is 35.5. The number of benzene rings is 1. The van der Waals surface area contributed by atoms with Crippen LogP contribution < -0.4 is 0 Å². The van der Waals surface area contributed by atoms with E-state index >= 15 is 0 Å². The predicted octanol–water partition coefficient (Wildman–Crippen LogP) is 2.54. The average Bonchev–Trinajstić information content (AvgIpc) is 3.25. The Morgan fingerprint density at radius 3 is 2.70 bits per heavy atom. The van der Waals surface area contributed by atoms with Crippen molar-refractivity contribution in [3.05, 3.63) is 41.2 Å². The highest BCUT2D eigenvalue weighted by Gasteiger charge is 2.40. The molecule has 0 radical (unpaired) electrons. The number of amides is 1. The lowest BCUT2D eigenvalue weighted by molar-refractivity contribution is -0.136. The van der Waals surface area contributed by atoms with Crippen LogP contribution in [0.4, 0.5) is 0 Å². The normalized spacial score (nSPS) is 24.1. The number of likely N-dealkylation sites (tertiary alicyclic amines) is 2. The van der Waals surface area contributed by atoms with Gasteiger partial charge in [0, 0.05) is 31.2 Å². The van der Waals surface area contributed by atoms with Gasteiger partial charge in [0.25, 0.3) is 0 Å². The second-order valence-corrected chi connectivity index (χ2v) is 7.93. The number of nitrogens with zero attached hydrogens (tertiary/aromatic N) is 6. The van der Waals surface area contributed by atoms with E-state index in [0.29, 0.717) is 6.54 Å². The molecule has 2 aliphatic rings. The number of carbonyl (C=O) groups is 1. The minimum atomic E-state index is -0.142. The van der Waals surface area contributed by atoms with Crippen LogP contribution in [0.25, 0.3) is 0 Å². The van der Waals surface area contributed by atoms with Crippen LogP contribution in [-0.2, 0) is 11.3 Å². The van der Waals surface area contributed by atoms with Crippen LogP contribution in [0, 0.1) is 0 Å². The molecule has 2 fully saturated rings. The van der Waals surface area contributed by atoms with Crippen molar-refractivity contribution in [3.8, 4) is 0 Å². The van der Waals surface area contributed by atoms with Crippen molar-refractivity contribution < 1.29 is 4.79 Å². The van der Waals surface area contributed by atoms with Gasteiger partial charge in [-0.05, 0) is 47.4 Å². The van der Waals surface area contributed by atoms with Gasteiger partial charge in [-0.2, -0.15) is 0 Å². The fourth-order valence-corrected chi connectivity index (χ4v) is 4.42. The van der Waals surface area contributed by atoms with Crippen molar-refractivity contribution in [2.24, 2.45) is 0 Å². The molecule has 1 aromatic carbocycles. The Hall–Kier alpha value is -1.99. The lowest BCUT2D eigenvalue weighted by atomic mass is 10.1. The van der Waals surface area contributed by atoms with Gasteiger partial charge >= 0.3 is 0 Å². The molecule has 144 valence electrons. The first-order valence-electron chi connectivity index (χ1n) is 9.70. The summed E-state index contributed by atoms with van der Waals surface area (Å²) in [5.41, 5.74) is 1.12. The zero-order valence-electron chi connectivity index (χ0n) is 15.4. The minimum Gasteiger partial charge on any atom is -0.341 e. The summed E-state index contributed by atoms with van der Waals surface area (Å²) in [4.78, 5) is 17.6. The second kappa shape index (κ2) is 8.35. The molecule has 7 nitrogen and oxygen atoms in total. The van der Waals surface area contributed by atoms with Crippen LogP contribution in [-0.4, -0.2) is 61.6 Å². The summed E-state index contributed by atoms with van der Waals surface area (Å²) in [5.74, 6) is 0.245. The van der Waals surface area contributed by atoms with Crippen molar-refractivity contribution in [3.63, 3.8) is 0 Å². The van der Waals surface area contributed by atoms with Gasteiger partial charge in [0.15, 0.2) is 0 Å². The summed E-state index contributed by atoms with van der Waals surface area (Å²) >= 11 is 6.15. The van der Waals surface area contributed by atoms with E-state index in [-0.39, 0.29) is 18.0 Å². The van der Waals surface area contributed by atoms with E-state index in [1.54, 1.807) is 11.0 Å². The Balaban J connectivity index is 1.54. The molecular weight excluding hydrogens is 364 g/mol. The molecule has 1 aromatic heterocycles. The lowest BCUT2D eigenvalue weighted by Crippen LogP contribution is -2.45. The zero-order valence-corrected chi connectivity index (χ0v) is 16.1. The van der Waals surface area contributed by atoms with Crippen molar-refractivity contribution in [2.75, 3.05) is 19.6 Å². The van der Waals surface area contributed by atoms with Crippen molar-refractivity contribution >= 4 is 17.5 Å². The van der Waals surface area contributed by atoms with Crippen LogP contribution >= 0.6 is 11.6 Å². The molecule has 0 unspecified atom stereocenters. The fraction of sp³-hybridized carbons (Fsp3) is 0.579. The Morgan fingerprint density at radius 2 is 2.00 bits per heavy atom. The quantitative estimate of drug-likeness (QED) is 0.805. The summed E-state index contributed by atoms with van der Waals surface area (Å²) in [6.07, 6.45) is 7.01. The third-order valence-corrected chi connectivity index (χ3v) is 5.83. The Morgan fingerprint density at radius 1 is 1.19 bits per heavy atom. The maximum Gasteiger partial charge on any atom is 0.240 e. The number of hydrogen-bond acceptors (Lipinski definition) is 5. The first-order valence-corrected chi connectivity index (χ1v) is 10.1. The van der Waals surface area contributed by atoms with Gasteiger partial charge in [0.1, 0.15) is 6.33 Å². The molecule has 0 spiro atoms. The van der Waals surface area contributed by atoms with Gasteiger partial charge in [0.05, 0.1) is 12.1 Å². The van der Waals surface area contributed by atoms with Gasteiger partial charge < -0.3 is 4.90 Å². The standard InChI is InChI=1S/C19H25ClN6O/c20-16-7-5-6-15(10-16)12-25-13-17(26-14-21-22-23-26)11-18(25)19(27)24-8-3-1-2-4-9-24/h5-7,10,14,17-18H,1-4,8-9,11-13H2/t17-,18-/m0/s1. The van der Waals surface area contributed by atoms with Crippen molar-refractivity contribution in [2.45, 2.75) is 50.7 Å². The van der Waals surface area contributed by atoms with Gasteiger partial charge in [-0.1, -0.05) is 36.6 Å². The highest BCUT2D eigenvalue weighted by Crippen LogP contribution is 2.30. The number of carbonyl (C=O) groups excluding carboxylic acids is 1. The molecule has 1 amide bonds. The monoisotopic (exact) mass is 388 g/mol. The van der Waals surface area contributed by atoms with E-state index in [9.17, 15) is 4.79 Å². The topological polar surface area (TPSA) is 67.2 Å². The SMILES string of the molecule is O=C([C@@H]1C[C@H](n2cnnn2)CN1Cc1cccc(Cl)c1)N1CCCCCC1. The molecule has 0 bridgehead atoms. The maximum atomic E-state index is 13.3. The minimum absolute atomic E-state index is 0.111. The van der Waals surface area contributed by atoms with E-state index in [2.05, 4.69) is 31.4 Å². The molecule has 0 aliphatic carbocycles. The van der Waals surface area contributed by atoms with Crippen molar-refractivity contribution in [1.82, 2.24) is 30.0 Å². The van der Waals surface area contributed by atoms with Gasteiger partial charge in [-0.15, -0.1) is 5.10 Å². The molecule has 2 atom stereocenters. The molecule has 2 saturated heterocycles. The highest BCUT2D eigenvalue weighted by molar-refractivity contribution is 6.30. The Kier molecular flexibility index (Phi) is 5.69. The molecule has 2 aliphatic heterocycles. The molecular formula is C19H25ClN6O. The fourth-order valence-electron chi connectivity index (χ4n) is 4.21. The number of tetrazole rings is 1. The van der Waals surface area contributed by atoms with Crippen molar-refractivity contribution in [1.29, 1.82) is 0 Å². The van der Waals surface area contributed by atoms with Crippen LogP contribution in [0.15, 0.2) is 30.6 Å². The second-order valence-electron chi connectivity index (χ2n) is 7.49. The summed E-state index contributed by atoms with van der Waals surface area (Å²) in [5, 5.41) is 12.3. The lowest BCUT2D eigenvalue weighted by Gasteiger charge is -2.29. The summed E-state index contributed by atoms with van der Waals surface area (Å²) in [6.45, 7) is 3.19. The molecule has 3 heterocycles. The smallest absolute Gasteiger partial charge is 0.240 e. The van der Waals surface area contributed by atoms with Gasteiger partial charge in [0.2, 0.25) is 5.91 Å². The molecule has 0 saturated carbocycles. The Bertz CT molecular complexity index is 759. The van der Waals surface area contributed by atoms with Gasteiger partial charge in [-0.3, -0.25) is 9.69 Å². The third kappa shape index (κ3) is 4.30. The van der Waals surface area contributed by atoms with Crippen LogP contribution in [0.5, 0.6) is 0 Å². The van der Waals surface area contributed by atoms with E-state index < -0.39 is 0 Å². The van der Waals surface area contributed by atoms with E-state index in [0.717, 1.165) is 49.5 Å². The number of rotatable bonds is 4. The number of aromatic nitrogens is 4. The largest absolute Gasteiger partial charge is 0.341 e. The van der Waals surface area contributed by atoms with Crippen LogP contribution in [0.2, 0.25) is 5.02 Å². The number of halogens is 1. The number of hydrogen-bond donors (Lipinski definition) is 0. The Labute approximate surface area is 164 Å². The maximum absolute atomic E-state index is 13.3. The summed E-state index contributed by atoms with van der Waals surface area (Å²) < 4.78 is 1.78. The average molecular weight is 389 g/mol. The van der Waals surface area contributed by atoms with Crippen LogP contribution in [0.3, 0.4) is 0 Å². The van der Waals surface area contributed by atoms with E-state index in [1.807, 2.05) is 18.2 Å². The first kappa shape index (κ1) is 18.4. The summed E-state index contributed by atoms with van der Waals surface area (Å²) in [6, 6.07) is 7.83. The molecule has 27 heavy (non-hydrogen) atoms. The summed E-state index contributed by atoms with van der Waals surface area (Å²) in [7, 11) is 0.